The molecule has 0 aliphatic rings. The van der Waals surface area contributed by atoms with Crippen molar-refractivity contribution in [1.29, 1.82) is 5.26 Å². The molecular formula is C12H15FN2. The van der Waals surface area contributed by atoms with Crippen LogP contribution in [0.5, 0.6) is 0 Å². The van der Waals surface area contributed by atoms with E-state index in [2.05, 4.69) is 11.4 Å². The van der Waals surface area contributed by atoms with Crippen LogP contribution in [0.4, 0.5) is 10.1 Å². The second-order valence-electron chi connectivity index (χ2n) is 3.54. The van der Waals surface area contributed by atoms with E-state index in [4.69, 9.17) is 5.26 Å². The fourth-order valence-corrected chi connectivity index (χ4v) is 1.46. The molecule has 0 saturated carbocycles. The van der Waals surface area contributed by atoms with Gasteiger partial charge in [-0.1, -0.05) is 19.9 Å². The Morgan fingerprint density at radius 2 is 2.07 bits per heavy atom. The van der Waals surface area contributed by atoms with E-state index < -0.39 is 5.54 Å². The summed E-state index contributed by atoms with van der Waals surface area (Å²) in [4.78, 5) is 0. The molecule has 3 heteroatoms. The molecule has 0 fully saturated rings. The number of nitrogens with one attached hydrogen (secondary N) is 1. The van der Waals surface area contributed by atoms with Crippen LogP contribution in [0.25, 0.3) is 0 Å². The van der Waals surface area contributed by atoms with Crippen molar-refractivity contribution in [1.82, 2.24) is 0 Å². The lowest BCUT2D eigenvalue weighted by Gasteiger charge is -2.26. The summed E-state index contributed by atoms with van der Waals surface area (Å²) in [5.41, 5.74) is 0.0635. The zero-order chi connectivity index (χ0) is 11.3. The first kappa shape index (κ1) is 11.5. The Morgan fingerprint density at radius 1 is 1.40 bits per heavy atom. The van der Waals surface area contributed by atoms with Gasteiger partial charge in [0, 0.05) is 5.69 Å². The third-order valence-electron chi connectivity index (χ3n) is 2.63. The second-order valence-corrected chi connectivity index (χ2v) is 3.54. The molecule has 1 aromatic carbocycles. The van der Waals surface area contributed by atoms with Gasteiger partial charge in [-0.05, 0) is 31.0 Å². The topological polar surface area (TPSA) is 35.8 Å². The standard InChI is InChI=1S/C12H15FN2/c1-3-12(4-2,9-14)15-11-7-5-6-10(13)8-11/h5-8,15H,3-4H2,1-2H3. The summed E-state index contributed by atoms with van der Waals surface area (Å²) >= 11 is 0. The van der Waals surface area contributed by atoms with Crippen molar-refractivity contribution in [2.24, 2.45) is 0 Å². The first-order valence-corrected chi connectivity index (χ1v) is 5.11. The summed E-state index contributed by atoms with van der Waals surface area (Å²) in [5.74, 6) is -0.293. The van der Waals surface area contributed by atoms with Gasteiger partial charge in [-0.3, -0.25) is 0 Å². The van der Waals surface area contributed by atoms with E-state index in [0.717, 1.165) is 0 Å². The molecule has 1 N–H and O–H groups in total. The van der Waals surface area contributed by atoms with E-state index in [0.29, 0.717) is 18.5 Å². The maximum absolute atomic E-state index is 12.9. The maximum atomic E-state index is 12.9. The Balaban J connectivity index is 2.89. The zero-order valence-electron chi connectivity index (χ0n) is 9.05. The Morgan fingerprint density at radius 3 is 2.53 bits per heavy atom. The predicted molar refractivity (Wildman–Crippen MR) is 58.9 cm³/mol. The molecule has 0 saturated heterocycles. The molecule has 0 radical (unpaired) electrons. The summed E-state index contributed by atoms with van der Waals surface area (Å²) in [6.45, 7) is 3.89. The molecule has 0 aromatic heterocycles. The van der Waals surface area contributed by atoms with Crippen LogP contribution in [0.1, 0.15) is 26.7 Å². The quantitative estimate of drug-likeness (QED) is 0.820. The number of halogens is 1. The Bertz CT molecular complexity index is 364. The lowest BCUT2D eigenvalue weighted by molar-refractivity contribution is 0.547. The van der Waals surface area contributed by atoms with Gasteiger partial charge >= 0.3 is 0 Å². The Kier molecular flexibility index (Phi) is 3.68. The van der Waals surface area contributed by atoms with E-state index in [9.17, 15) is 4.39 Å². The highest BCUT2D eigenvalue weighted by molar-refractivity contribution is 5.47. The van der Waals surface area contributed by atoms with Crippen molar-refractivity contribution in [2.75, 3.05) is 5.32 Å². The van der Waals surface area contributed by atoms with Gasteiger partial charge in [0.15, 0.2) is 0 Å². The van der Waals surface area contributed by atoms with Crippen LogP contribution in [0.3, 0.4) is 0 Å². The smallest absolute Gasteiger partial charge is 0.125 e. The van der Waals surface area contributed by atoms with Crippen LogP contribution in [0.15, 0.2) is 24.3 Å². The van der Waals surface area contributed by atoms with Crippen molar-refractivity contribution in [3.63, 3.8) is 0 Å². The molecule has 1 rings (SSSR count). The highest BCUT2D eigenvalue weighted by Gasteiger charge is 2.25. The van der Waals surface area contributed by atoms with Gasteiger partial charge < -0.3 is 5.32 Å². The lowest BCUT2D eigenvalue weighted by atomic mass is 9.94. The number of rotatable bonds is 4. The minimum atomic E-state index is -0.589. The fourth-order valence-electron chi connectivity index (χ4n) is 1.46. The number of nitriles is 1. The molecule has 0 amide bonds. The van der Waals surface area contributed by atoms with E-state index >= 15 is 0 Å². The minimum Gasteiger partial charge on any atom is -0.367 e. The van der Waals surface area contributed by atoms with Crippen LogP contribution in [-0.4, -0.2) is 5.54 Å². The summed E-state index contributed by atoms with van der Waals surface area (Å²) in [5, 5.41) is 12.2. The molecular weight excluding hydrogens is 191 g/mol. The molecule has 0 aliphatic heterocycles. The number of benzene rings is 1. The first-order chi connectivity index (χ1) is 7.15. The molecule has 15 heavy (non-hydrogen) atoms. The van der Waals surface area contributed by atoms with Crippen molar-refractivity contribution >= 4 is 5.69 Å². The molecule has 1 aromatic rings. The molecule has 2 nitrogen and oxygen atoms in total. The van der Waals surface area contributed by atoms with E-state index in [1.54, 1.807) is 12.1 Å². The van der Waals surface area contributed by atoms with Crippen LogP contribution < -0.4 is 5.32 Å². The van der Waals surface area contributed by atoms with Crippen LogP contribution >= 0.6 is 0 Å². The highest BCUT2D eigenvalue weighted by Crippen LogP contribution is 2.21. The van der Waals surface area contributed by atoms with Crippen molar-refractivity contribution in [3.8, 4) is 6.07 Å². The van der Waals surface area contributed by atoms with E-state index in [-0.39, 0.29) is 5.82 Å². The van der Waals surface area contributed by atoms with E-state index in [1.165, 1.54) is 12.1 Å². The maximum Gasteiger partial charge on any atom is 0.125 e. The van der Waals surface area contributed by atoms with Gasteiger partial charge in [0.05, 0.1) is 6.07 Å². The summed E-state index contributed by atoms with van der Waals surface area (Å²) < 4.78 is 12.9. The highest BCUT2D eigenvalue weighted by atomic mass is 19.1. The molecule has 0 atom stereocenters. The summed E-state index contributed by atoms with van der Waals surface area (Å²) in [6, 6.07) is 8.43. The van der Waals surface area contributed by atoms with Gasteiger partial charge in [0.1, 0.15) is 11.4 Å². The Labute approximate surface area is 89.7 Å². The fraction of sp³-hybridized carbons (Fsp3) is 0.417. The van der Waals surface area contributed by atoms with Gasteiger partial charge in [0.25, 0.3) is 0 Å². The lowest BCUT2D eigenvalue weighted by Crippen LogP contribution is -2.35. The molecule has 0 aliphatic carbocycles. The van der Waals surface area contributed by atoms with Crippen molar-refractivity contribution in [2.45, 2.75) is 32.2 Å². The average molecular weight is 206 g/mol. The molecule has 0 bridgehead atoms. The predicted octanol–water partition coefficient (Wildman–Crippen LogP) is 3.32. The molecule has 0 unspecified atom stereocenters. The summed E-state index contributed by atoms with van der Waals surface area (Å²) in [7, 11) is 0. The van der Waals surface area contributed by atoms with Gasteiger partial charge in [-0.15, -0.1) is 0 Å². The van der Waals surface area contributed by atoms with Crippen LogP contribution in [0.2, 0.25) is 0 Å². The third kappa shape index (κ3) is 2.69. The zero-order valence-corrected chi connectivity index (χ0v) is 9.05. The van der Waals surface area contributed by atoms with E-state index in [1.807, 2.05) is 13.8 Å². The Hall–Kier alpha value is -1.56. The SMILES string of the molecule is CCC(C#N)(CC)Nc1cccc(F)c1. The normalized spacial score (nSPS) is 10.8. The number of hydrogen-bond acceptors (Lipinski definition) is 2. The second kappa shape index (κ2) is 4.79. The largest absolute Gasteiger partial charge is 0.367 e. The molecule has 0 heterocycles. The first-order valence-electron chi connectivity index (χ1n) is 5.11. The number of hydrogen-bond donors (Lipinski definition) is 1. The monoisotopic (exact) mass is 206 g/mol. The average Bonchev–Trinajstić information content (AvgIpc) is 2.26. The number of nitrogens with zero attached hydrogens (tertiary/aromatic N) is 1. The molecule has 80 valence electrons. The van der Waals surface area contributed by atoms with Crippen LogP contribution in [-0.2, 0) is 0 Å². The van der Waals surface area contributed by atoms with Gasteiger partial charge in [0.2, 0.25) is 0 Å². The van der Waals surface area contributed by atoms with Gasteiger partial charge in [-0.2, -0.15) is 5.26 Å². The van der Waals surface area contributed by atoms with Crippen LogP contribution in [0, 0.1) is 17.1 Å². The van der Waals surface area contributed by atoms with Gasteiger partial charge in [-0.25, -0.2) is 4.39 Å². The summed E-state index contributed by atoms with van der Waals surface area (Å²) in [6.07, 6.45) is 1.38. The molecule has 0 spiro atoms. The van der Waals surface area contributed by atoms with Crippen molar-refractivity contribution < 1.29 is 4.39 Å². The minimum absolute atomic E-state index is 0.293. The van der Waals surface area contributed by atoms with Crippen molar-refractivity contribution in [3.05, 3.63) is 30.1 Å². The number of anilines is 1. The third-order valence-corrected chi connectivity index (χ3v) is 2.63.